The van der Waals surface area contributed by atoms with Crippen LogP contribution in [0.3, 0.4) is 0 Å². The van der Waals surface area contributed by atoms with Crippen LogP contribution < -0.4 is 5.32 Å². The third kappa shape index (κ3) is 3.30. The fourth-order valence-electron chi connectivity index (χ4n) is 3.11. The molecule has 0 aromatic rings. The zero-order valence-corrected chi connectivity index (χ0v) is 12.8. The molecule has 2 fully saturated rings. The van der Waals surface area contributed by atoms with Gasteiger partial charge in [0.05, 0.1) is 0 Å². The number of rotatable bonds is 1. The molecule has 2 aliphatic rings. The lowest BCUT2D eigenvalue weighted by atomic mass is 10.1. The van der Waals surface area contributed by atoms with Crippen molar-refractivity contribution in [2.45, 2.75) is 19.4 Å². The Labute approximate surface area is 121 Å². The third-order valence-electron chi connectivity index (χ3n) is 4.33. The van der Waals surface area contributed by atoms with Crippen molar-refractivity contribution >= 4 is 11.8 Å². The maximum absolute atomic E-state index is 12.4. The Balaban J connectivity index is 1.95. The third-order valence-corrected chi connectivity index (χ3v) is 4.33. The van der Waals surface area contributed by atoms with Gasteiger partial charge in [0.1, 0.15) is 0 Å². The fourth-order valence-corrected chi connectivity index (χ4v) is 3.11. The molecule has 0 radical (unpaired) electrons. The van der Waals surface area contributed by atoms with Crippen LogP contribution in [0.2, 0.25) is 0 Å². The molecule has 6 heteroatoms. The summed E-state index contributed by atoms with van der Waals surface area (Å²) in [6.07, 6.45) is 0.912. The molecule has 2 unspecified atom stereocenters. The van der Waals surface area contributed by atoms with Crippen molar-refractivity contribution < 1.29 is 9.59 Å². The lowest BCUT2D eigenvalue weighted by Crippen LogP contribution is -2.46. The average Bonchev–Trinajstić information content (AvgIpc) is 2.64. The highest BCUT2D eigenvalue weighted by Gasteiger charge is 2.37. The number of hydrogen-bond acceptors (Lipinski definition) is 4. The van der Waals surface area contributed by atoms with E-state index in [9.17, 15) is 9.59 Å². The Morgan fingerprint density at radius 3 is 2.40 bits per heavy atom. The highest BCUT2D eigenvalue weighted by molar-refractivity contribution is 6.35. The topological polar surface area (TPSA) is 55.9 Å². The summed E-state index contributed by atoms with van der Waals surface area (Å²) in [5, 5.41) is 3.24. The van der Waals surface area contributed by atoms with E-state index < -0.39 is 0 Å². The molecule has 2 amide bonds. The minimum atomic E-state index is -0.333. The Kier molecular flexibility index (Phi) is 4.99. The predicted octanol–water partition coefficient (Wildman–Crippen LogP) is -0.783. The quantitative estimate of drug-likeness (QED) is 0.641. The van der Waals surface area contributed by atoms with Crippen LogP contribution in [0.25, 0.3) is 0 Å². The smallest absolute Gasteiger partial charge is 0.312 e. The zero-order valence-electron chi connectivity index (χ0n) is 12.8. The van der Waals surface area contributed by atoms with Gasteiger partial charge < -0.3 is 20.0 Å². The van der Waals surface area contributed by atoms with E-state index in [1.54, 1.807) is 9.80 Å². The maximum Gasteiger partial charge on any atom is 0.312 e. The van der Waals surface area contributed by atoms with Gasteiger partial charge >= 0.3 is 11.8 Å². The van der Waals surface area contributed by atoms with Crippen LogP contribution in [-0.4, -0.2) is 85.9 Å². The van der Waals surface area contributed by atoms with Crippen LogP contribution in [0.5, 0.6) is 0 Å². The van der Waals surface area contributed by atoms with Gasteiger partial charge in [-0.05, 0) is 33.0 Å². The van der Waals surface area contributed by atoms with Crippen molar-refractivity contribution in [3.63, 3.8) is 0 Å². The number of carbonyl (C=O) groups is 2. The van der Waals surface area contributed by atoms with Crippen molar-refractivity contribution in [3.05, 3.63) is 0 Å². The molecule has 0 aromatic heterocycles. The Bertz CT molecular complexity index is 364. The van der Waals surface area contributed by atoms with E-state index in [1.165, 1.54) is 0 Å². The number of carbonyl (C=O) groups excluding carboxylic acids is 2. The summed E-state index contributed by atoms with van der Waals surface area (Å²) in [5.41, 5.74) is 0. The van der Waals surface area contributed by atoms with Crippen molar-refractivity contribution in [2.24, 2.45) is 5.92 Å². The van der Waals surface area contributed by atoms with Gasteiger partial charge in [-0.25, -0.2) is 0 Å². The first kappa shape index (κ1) is 15.3. The number of nitrogens with one attached hydrogen (secondary N) is 1. The second kappa shape index (κ2) is 6.54. The molecular formula is C14H26N4O2. The highest BCUT2D eigenvalue weighted by Crippen LogP contribution is 2.20. The first-order chi connectivity index (χ1) is 9.50. The first-order valence-corrected chi connectivity index (χ1v) is 7.46. The van der Waals surface area contributed by atoms with Crippen molar-refractivity contribution in [1.82, 2.24) is 20.0 Å². The minimum Gasteiger partial charge on any atom is -0.333 e. The maximum atomic E-state index is 12.4. The van der Waals surface area contributed by atoms with E-state index >= 15 is 0 Å². The molecule has 2 rings (SSSR count). The summed E-state index contributed by atoms with van der Waals surface area (Å²) in [5.74, 6) is -0.254. The van der Waals surface area contributed by atoms with E-state index in [0.29, 0.717) is 38.1 Å². The van der Waals surface area contributed by atoms with Gasteiger partial charge in [0.2, 0.25) is 0 Å². The number of likely N-dealkylation sites (N-methyl/N-ethyl adjacent to an activating group) is 1. The van der Waals surface area contributed by atoms with Crippen LogP contribution in [0, 0.1) is 5.92 Å². The Hall–Kier alpha value is -1.14. The van der Waals surface area contributed by atoms with E-state index in [1.807, 2.05) is 14.1 Å². The van der Waals surface area contributed by atoms with Crippen LogP contribution in [-0.2, 0) is 9.59 Å². The van der Waals surface area contributed by atoms with Gasteiger partial charge in [0.15, 0.2) is 0 Å². The van der Waals surface area contributed by atoms with Gasteiger partial charge in [-0.2, -0.15) is 0 Å². The number of likely N-dealkylation sites (tertiary alicyclic amines) is 1. The van der Waals surface area contributed by atoms with Gasteiger partial charge in [-0.3, -0.25) is 9.59 Å². The van der Waals surface area contributed by atoms with Gasteiger partial charge in [-0.15, -0.1) is 0 Å². The summed E-state index contributed by atoms with van der Waals surface area (Å²) < 4.78 is 0. The summed E-state index contributed by atoms with van der Waals surface area (Å²) >= 11 is 0. The van der Waals surface area contributed by atoms with Crippen molar-refractivity contribution in [2.75, 3.05) is 53.4 Å². The second-order valence-electron chi connectivity index (χ2n) is 6.11. The van der Waals surface area contributed by atoms with Crippen molar-refractivity contribution in [1.29, 1.82) is 0 Å². The number of amides is 2. The standard InChI is InChI=1S/C14H26N4O2/c1-11-9-18(10-12(11)16(2)3)14(20)13(19)17-7-4-5-15-6-8-17/h11-12,15H,4-10H2,1-3H3. The number of hydrogen-bond donors (Lipinski definition) is 1. The molecule has 0 spiro atoms. The van der Waals surface area contributed by atoms with Crippen LogP contribution in [0.15, 0.2) is 0 Å². The van der Waals surface area contributed by atoms with Crippen LogP contribution in [0.1, 0.15) is 13.3 Å². The van der Waals surface area contributed by atoms with E-state index in [4.69, 9.17) is 0 Å². The number of nitrogens with zero attached hydrogens (tertiary/aromatic N) is 3. The lowest BCUT2D eigenvalue weighted by molar-refractivity contribution is -0.151. The summed E-state index contributed by atoms with van der Waals surface area (Å²) in [6.45, 7) is 6.48. The Morgan fingerprint density at radius 1 is 1.05 bits per heavy atom. The van der Waals surface area contributed by atoms with Gasteiger partial charge in [0, 0.05) is 38.8 Å². The normalized spacial score (nSPS) is 27.8. The molecular weight excluding hydrogens is 256 g/mol. The molecule has 1 N–H and O–H groups in total. The molecule has 114 valence electrons. The van der Waals surface area contributed by atoms with Gasteiger partial charge in [0.25, 0.3) is 0 Å². The predicted molar refractivity (Wildman–Crippen MR) is 77.3 cm³/mol. The van der Waals surface area contributed by atoms with Crippen LogP contribution in [0.4, 0.5) is 0 Å². The molecule has 6 nitrogen and oxygen atoms in total. The summed E-state index contributed by atoms with van der Waals surface area (Å²) in [4.78, 5) is 30.2. The second-order valence-corrected chi connectivity index (χ2v) is 6.11. The molecule has 2 saturated heterocycles. The monoisotopic (exact) mass is 282 g/mol. The SMILES string of the molecule is CC1CN(C(=O)C(=O)N2CCCNCC2)CC1N(C)C. The molecule has 20 heavy (non-hydrogen) atoms. The molecule has 0 aromatic carbocycles. The molecule has 0 aliphatic carbocycles. The zero-order chi connectivity index (χ0) is 14.7. The fraction of sp³-hybridized carbons (Fsp3) is 0.857. The molecule has 2 atom stereocenters. The first-order valence-electron chi connectivity index (χ1n) is 7.46. The van der Waals surface area contributed by atoms with E-state index in [2.05, 4.69) is 17.1 Å². The van der Waals surface area contributed by atoms with Gasteiger partial charge in [-0.1, -0.05) is 6.92 Å². The average molecular weight is 282 g/mol. The molecule has 2 aliphatic heterocycles. The summed E-state index contributed by atoms with van der Waals surface area (Å²) in [7, 11) is 4.05. The minimum absolute atomic E-state index is 0.330. The van der Waals surface area contributed by atoms with E-state index in [-0.39, 0.29) is 11.8 Å². The molecule has 0 bridgehead atoms. The molecule has 2 heterocycles. The van der Waals surface area contributed by atoms with Crippen molar-refractivity contribution in [3.8, 4) is 0 Å². The largest absolute Gasteiger partial charge is 0.333 e. The highest BCUT2D eigenvalue weighted by atomic mass is 16.2. The van der Waals surface area contributed by atoms with E-state index in [0.717, 1.165) is 19.5 Å². The summed E-state index contributed by atoms with van der Waals surface area (Å²) in [6, 6.07) is 0.345. The molecule has 0 saturated carbocycles. The van der Waals surface area contributed by atoms with Crippen LogP contribution >= 0.6 is 0 Å². The lowest BCUT2D eigenvalue weighted by Gasteiger charge is -2.24. The Morgan fingerprint density at radius 2 is 1.75 bits per heavy atom.